The van der Waals surface area contributed by atoms with E-state index in [0.717, 1.165) is 0 Å². The van der Waals surface area contributed by atoms with E-state index in [1.807, 2.05) is 0 Å². The highest BCUT2D eigenvalue weighted by molar-refractivity contribution is 5.16. The van der Waals surface area contributed by atoms with Crippen LogP contribution in [-0.4, -0.2) is 10.7 Å². The Hall–Kier alpha value is -0.920. The molecular weight excluding hydrogens is 184 g/mol. The van der Waals surface area contributed by atoms with E-state index in [9.17, 15) is 0 Å². The number of aromatic nitrogens is 1. The monoisotopic (exact) mass is 206 g/mol. The first-order valence-corrected chi connectivity index (χ1v) is 5.92. The predicted octanol–water partition coefficient (Wildman–Crippen LogP) is 3.23. The van der Waals surface area contributed by atoms with Crippen LogP contribution in [-0.2, 0) is 0 Å². The maximum atomic E-state index is 3.66. The van der Waals surface area contributed by atoms with Gasteiger partial charge in [0.1, 0.15) is 0 Å². The Balaban J connectivity index is 2.15. The lowest BCUT2D eigenvalue weighted by Crippen LogP contribution is -2.37. The first-order valence-electron chi connectivity index (χ1n) is 5.92. The van der Waals surface area contributed by atoms with E-state index in [-0.39, 0.29) is 0 Å². The number of hydrogen-bond acceptors (Lipinski definition) is 1. The van der Waals surface area contributed by atoms with E-state index in [2.05, 4.69) is 49.9 Å². The van der Waals surface area contributed by atoms with Crippen molar-refractivity contribution in [1.82, 2.24) is 4.68 Å². The van der Waals surface area contributed by atoms with Gasteiger partial charge in [-0.15, -0.1) is 0 Å². The van der Waals surface area contributed by atoms with Gasteiger partial charge in [-0.05, 0) is 44.2 Å². The molecule has 15 heavy (non-hydrogen) atoms. The maximum absolute atomic E-state index is 3.66. The fourth-order valence-electron chi connectivity index (χ4n) is 2.59. The van der Waals surface area contributed by atoms with Crippen LogP contribution >= 0.6 is 0 Å². The highest BCUT2D eigenvalue weighted by Gasteiger charge is 2.34. The van der Waals surface area contributed by atoms with Crippen LogP contribution in [0.1, 0.15) is 44.5 Å². The molecule has 1 fully saturated rings. The summed E-state index contributed by atoms with van der Waals surface area (Å²) in [6.07, 6.45) is 3.98. The number of aryl methyl sites for hydroxylation is 2. The number of nitrogens with zero attached hydrogens (tertiary/aromatic N) is 1. The number of hydrogen-bond donors (Lipinski definition) is 1. The zero-order valence-corrected chi connectivity index (χ0v) is 10.3. The van der Waals surface area contributed by atoms with Gasteiger partial charge < -0.3 is 5.43 Å². The predicted molar refractivity (Wildman–Crippen MR) is 64.7 cm³/mol. The van der Waals surface area contributed by atoms with Crippen molar-refractivity contribution in [2.75, 3.05) is 5.43 Å². The summed E-state index contributed by atoms with van der Waals surface area (Å²) < 4.78 is 2.23. The number of rotatable bonds is 2. The van der Waals surface area contributed by atoms with Crippen molar-refractivity contribution in [3.8, 4) is 0 Å². The Morgan fingerprint density at radius 3 is 2.33 bits per heavy atom. The molecule has 1 aromatic rings. The van der Waals surface area contributed by atoms with Gasteiger partial charge in [0.2, 0.25) is 0 Å². The Morgan fingerprint density at radius 1 is 1.27 bits per heavy atom. The van der Waals surface area contributed by atoms with Crippen LogP contribution in [0.5, 0.6) is 0 Å². The molecule has 2 rings (SSSR count). The second-order valence-corrected chi connectivity index (χ2v) is 5.51. The van der Waals surface area contributed by atoms with Crippen molar-refractivity contribution in [1.29, 1.82) is 0 Å². The van der Waals surface area contributed by atoms with Crippen LogP contribution in [0.3, 0.4) is 0 Å². The standard InChI is InChI=1S/C13H22N2/c1-10-7-8-11(2)15(10)14-12-6-5-9-13(12,3)4/h7-8,12,14H,5-6,9H2,1-4H3. The normalized spacial score (nSPS) is 24.4. The third-order valence-corrected chi connectivity index (χ3v) is 3.81. The van der Waals surface area contributed by atoms with Crippen molar-refractivity contribution in [2.24, 2.45) is 5.41 Å². The van der Waals surface area contributed by atoms with Crippen molar-refractivity contribution in [3.05, 3.63) is 23.5 Å². The molecule has 1 aromatic heterocycles. The van der Waals surface area contributed by atoms with Gasteiger partial charge >= 0.3 is 0 Å². The van der Waals surface area contributed by atoms with Gasteiger partial charge in [-0.25, -0.2) is 0 Å². The van der Waals surface area contributed by atoms with Crippen LogP contribution < -0.4 is 5.43 Å². The Bertz CT molecular complexity index is 330. The third kappa shape index (κ3) is 1.90. The molecule has 2 heteroatoms. The summed E-state index contributed by atoms with van der Waals surface area (Å²) >= 11 is 0. The zero-order valence-electron chi connectivity index (χ0n) is 10.3. The van der Waals surface area contributed by atoms with Crippen LogP contribution in [0, 0.1) is 19.3 Å². The fourth-order valence-corrected chi connectivity index (χ4v) is 2.59. The van der Waals surface area contributed by atoms with E-state index in [1.165, 1.54) is 30.7 Å². The Labute approximate surface area is 92.6 Å². The molecule has 0 spiro atoms. The average Bonchev–Trinajstić information content (AvgIpc) is 2.63. The molecule has 1 unspecified atom stereocenters. The minimum atomic E-state index is 0.434. The van der Waals surface area contributed by atoms with Crippen LogP contribution in [0.25, 0.3) is 0 Å². The zero-order chi connectivity index (χ0) is 11.1. The summed E-state index contributed by atoms with van der Waals surface area (Å²) in [6.45, 7) is 9.04. The van der Waals surface area contributed by atoms with E-state index >= 15 is 0 Å². The Kier molecular flexibility index (Phi) is 2.53. The molecule has 0 aliphatic heterocycles. The lowest BCUT2D eigenvalue weighted by molar-refractivity contribution is 0.332. The highest BCUT2D eigenvalue weighted by Crippen LogP contribution is 2.37. The van der Waals surface area contributed by atoms with E-state index < -0.39 is 0 Å². The van der Waals surface area contributed by atoms with Crippen LogP contribution in [0.2, 0.25) is 0 Å². The second kappa shape index (κ2) is 3.58. The van der Waals surface area contributed by atoms with Gasteiger partial charge in [-0.3, -0.25) is 4.68 Å². The van der Waals surface area contributed by atoms with Gasteiger partial charge in [-0.1, -0.05) is 20.3 Å². The molecule has 1 aliphatic rings. The Morgan fingerprint density at radius 2 is 1.87 bits per heavy atom. The first kappa shape index (κ1) is 10.6. The molecule has 0 bridgehead atoms. The minimum Gasteiger partial charge on any atom is -0.322 e. The molecule has 1 N–H and O–H groups in total. The van der Waals surface area contributed by atoms with Crippen molar-refractivity contribution in [2.45, 2.75) is 53.0 Å². The minimum absolute atomic E-state index is 0.434. The van der Waals surface area contributed by atoms with Crippen molar-refractivity contribution >= 4 is 0 Å². The molecule has 0 aromatic carbocycles. The molecule has 1 aliphatic carbocycles. The smallest absolute Gasteiger partial charge is 0.0475 e. The van der Waals surface area contributed by atoms with Gasteiger partial charge in [0.25, 0.3) is 0 Å². The lowest BCUT2D eigenvalue weighted by Gasteiger charge is -2.30. The summed E-state index contributed by atoms with van der Waals surface area (Å²) in [7, 11) is 0. The van der Waals surface area contributed by atoms with Gasteiger partial charge in [0.15, 0.2) is 0 Å². The van der Waals surface area contributed by atoms with Gasteiger partial charge in [0.05, 0.1) is 0 Å². The van der Waals surface area contributed by atoms with Crippen LogP contribution in [0.15, 0.2) is 12.1 Å². The summed E-state index contributed by atoms with van der Waals surface area (Å²) in [5.74, 6) is 0. The molecule has 0 saturated heterocycles. The quantitative estimate of drug-likeness (QED) is 0.786. The summed E-state index contributed by atoms with van der Waals surface area (Å²) in [6, 6.07) is 4.96. The van der Waals surface area contributed by atoms with Gasteiger partial charge in [0, 0.05) is 17.4 Å². The lowest BCUT2D eigenvalue weighted by atomic mass is 9.88. The maximum Gasteiger partial charge on any atom is 0.0475 e. The average molecular weight is 206 g/mol. The first-order chi connectivity index (χ1) is 7.00. The third-order valence-electron chi connectivity index (χ3n) is 3.81. The summed E-state index contributed by atoms with van der Waals surface area (Å²) in [5.41, 5.74) is 6.70. The number of nitrogens with one attached hydrogen (secondary N) is 1. The highest BCUT2D eigenvalue weighted by atomic mass is 15.4. The molecule has 0 amide bonds. The van der Waals surface area contributed by atoms with Gasteiger partial charge in [-0.2, -0.15) is 0 Å². The summed E-state index contributed by atoms with van der Waals surface area (Å²) in [5, 5.41) is 0. The second-order valence-electron chi connectivity index (χ2n) is 5.51. The molecule has 1 heterocycles. The topological polar surface area (TPSA) is 17.0 Å². The largest absolute Gasteiger partial charge is 0.322 e. The molecule has 84 valence electrons. The van der Waals surface area contributed by atoms with E-state index in [1.54, 1.807) is 0 Å². The molecule has 2 nitrogen and oxygen atoms in total. The molecule has 1 saturated carbocycles. The summed E-state index contributed by atoms with van der Waals surface area (Å²) in [4.78, 5) is 0. The SMILES string of the molecule is Cc1ccc(C)n1NC1CCCC1(C)C. The fraction of sp³-hybridized carbons (Fsp3) is 0.692. The molecule has 1 atom stereocenters. The van der Waals surface area contributed by atoms with E-state index in [0.29, 0.717) is 11.5 Å². The van der Waals surface area contributed by atoms with Crippen molar-refractivity contribution < 1.29 is 0 Å². The van der Waals surface area contributed by atoms with E-state index in [4.69, 9.17) is 0 Å². The van der Waals surface area contributed by atoms with Crippen LogP contribution in [0.4, 0.5) is 0 Å². The molecular formula is C13H22N2. The molecule has 0 radical (unpaired) electrons. The van der Waals surface area contributed by atoms with Crippen molar-refractivity contribution in [3.63, 3.8) is 0 Å².